The summed E-state index contributed by atoms with van der Waals surface area (Å²) >= 11 is 0. The van der Waals surface area contributed by atoms with Crippen molar-refractivity contribution in [3.63, 3.8) is 0 Å². The van der Waals surface area contributed by atoms with Crippen LogP contribution in [-0.2, 0) is 0 Å². The van der Waals surface area contributed by atoms with Crippen molar-refractivity contribution in [1.82, 2.24) is 5.32 Å². The van der Waals surface area contributed by atoms with Gasteiger partial charge in [0.2, 0.25) is 0 Å². The highest BCUT2D eigenvalue weighted by molar-refractivity contribution is 5.65. The van der Waals surface area contributed by atoms with Gasteiger partial charge in [-0.15, -0.1) is 0 Å². The minimum Gasteiger partial charge on any atom is -0.383 e. The predicted octanol–water partition coefficient (Wildman–Crippen LogP) is 3.76. The molecule has 0 aromatic heterocycles. The molecule has 3 rings (SSSR count). The first-order valence-corrected chi connectivity index (χ1v) is 7.46. The summed E-state index contributed by atoms with van der Waals surface area (Å²) in [6.45, 7) is 4.48. The zero-order valence-corrected chi connectivity index (χ0v) is 12.0. The second-order valence-corrected chi connectivity index (χ2v) is 5.65. The van der Waals surface area contributed by atoms with Crippen LogP contribution in [0.25, 0.3) is 11.1 Å². The van der Waals surface area contributed by atoms with E-state index < -0.39 is 0 Å². The molecular weight excluding hydrogens is 244 g/mol. The van der Waals surface area contributed by atoms with E-state index in [1.54, 1.807) is 0 Å². The van der Waals surface area contributed by atoms with Crippen LogP contribution in [0.2, 0.25) is 0 Å². The van der Waals surface area contributed by atoms with Crippen LogP contribution < -0.4 is 10.6 Å². The van der Waals surface area contributed by atoms with Crippen LogP contribution in [0.3, 0.4) is 0 Å². The smallest absolute Gasteiger partial charge is 0.0341 e. The van der Waals surface area contributed by atoms with E-state index in [-0.39, 0.29) is 0 Å². The van der Waals surface area contributed by atoms with Crippen molar-refractivity contribution in [1.29, 1.82) is 0 Å². The topological polar surface area (TPSA) is 24.1 Å². The van der Waals surface area contributed by atoms with E-state index in [1.165, 1.54) is 23.2 Å². The summed E-state index contributed by atoms with van der Waals surface area (Å²) in [6, 6.07) is 19.8. The molecule has 0 saturated carbocycles. The minimum absolute atomic E-state index is 0.601. The fraction of sp³-hybridized carbons (Fsp3) is 0.333. The molecule has 20 heavy (non-hydrogen) atoms. The molecule has 2 unspecified atom stereocenters. The molecule has 2 nitrogen and oxygen atoms in total. The van der Waals surface area contributed by atoms with Gasteiger partial charge in [0, 0.05) is 18.3 Å². The van der Waals surface area contributed by atoms with Crippen molar-refractivity contribution in [2.45, 2.75) is 19.4 Å². The summed E-state index contributed by atoms with van der Waals surface area (Å²) < 4.78 is 0. The highest BCUT2D eigenvalue weighted by Crippen LogP contribution is 2.21. The van der Waals surface area contributed by atoms with Crippen molar-refractivity contribution < 1.29 is 0 Å². The standard InChI is InChI=1S/C18H22N2/c1-14-11-12-19-18(14)13-20-17-9-7-16(8-10-17)15-5-3-2-4-6-15/h2-10,14,18-20H,11-13H2,1H3. The van der Waals surface area contributed by atoms with Crippen molar-refractivity contribution in [2.24, 2.45) is 5.92 Å². The Morgan fingerprint density at radius 2 is 1.70 bits per heavy atom. The lowest BCUT2D eigenvalue weighted by atomic mass is 10.0. The molecule has 1 heterocycles. The Hall–Kier alpha value is -1.80. The Balaban J connectivity index is 1.62. The first-order chi connectivity index (χ1) is 9.83. The molecule has 2 atom stereocenters. The van der Waals surface area contributed by atoms with Crippen LogP contribution >= 0.6 is 0 Å². The van der Waals surface area contributed by atoms with Crippen molar-refractivity contribution >= 4 is 5.69 Å². The van der Waals surface area contributed by atoms with Gasteiger partial charge in [-0.1, -0.05) is 49.4 Å². The Morgan fingerprint density at radius 3 is 2.35 bits per heavy atom. The van der Waals surface area contributed by atoms with Gasteiger partial charge >= 0.3 is 0 Å². The SMILES string of the molecule is CC1CCNC1CNc1ccc(-c2ccccc2)cc1. The van der Waals surface area contributed by atoms with Crippen LogP contribution in [0.15, 0.2) is 54.6 Å². The molecule has 0 aliphatic carbocycles. The van der Waals surface area contributed by atoms with Gasteiger partial charge in [0.15, 0.2) is 0 Å². The highest BCUT2D eigenvalue weighted by atomic mass is 15.0. The zero-order valence-electron chi connectivity index (χ0n) is 12.0. The molecule has 1 aliphatic rings. The summed E-state index contributed by atoms with van der Waals surface area (Å²) in [5.74, 6) is 0.770. The predicted molar refractivity (Wildman–Crippen MR) is 85.9 cm³/mol. The average molecular weight is 266 g/mol. The molecule has 0 spiro atoms. The van der Waals surface area contributed by atoms with E-state index in [2.05, 4.69) is 72.2 Å². The number of nitrogens with one attached hydrogen (secondary N) is 2. The molecule has 2 aromatic rings. The third kappa shape index (κ3) is 3.02. The molecule has 2 N–H and O–H groups in total. The maximum Gasteiger partial charge on any atom is 0.0341 e. The summed E-state index contributed by atoms with van der Waals surface area (Å²) in [5, 5.41) is 7.08. The second-order valence-electron chi connectivity index (χ2n) is 5.65. The van der Waals surface area contributed by atoms with Gasteiger partial charge in [0.25, 0.3) is 0 Å². The highest BCUT2D eigenvalue weighted by Gasteiger charge is 2.21. The number of anilines is 1. The first-order valence-electron chi connectivity index (χ1n) is 7.46. The van der Waals surface area contributed by atoms with E-state index in [0.717, 1.165) is 19.0 Å². The summed E-state index contributed by atoms with van der Waals surface area (Å²) in [6.07, 6.45) is 1.29. The molecule has 2 heteroatoms. The lowest BCUT2D eigenvalue weighted by Gasteiger charge is -2.17. The van der Waals surface area contributed by atoms with Gasteiger partial charge in [-0.05, 0) is 42.1 Å². The molecule has 0 amide bonds. The molecule has 1 saturated heterocycles. The number of hydrogen-bond acceptors (Lipinski definition) is 2. The number of hydrogen-bond donors (Lipinski definition) is 2. The third-order valence-corrected chi connectivity index (χ3v) is 4.21. The molecule has 2 aromatic carbocycles. The fourth-order valence-corrected chi connectivity index (χ4v) is 2.81. The monoisotopic (exact) mass is 266 g/mol. The Labute approximate surface area is 121 Å². The Bertz CT molecular complexity index is 533. The maximum absolute atomic E-state index is 3.55. The van der Waals surface area contributed by atoms with Crippen molar-refractivity contribution in [3.8, 4) is 11.1 Å². The lowest BCUT2D eigenvalue weighted by Crippen LogP contribution is -2.33. The van der Waals surface area contributed by atoms with E-state index >= 15 is 0 Å². The average Bonchev–Trinajstić information content (AvgIpc) is 2.92. The molecule has 0 radical (unpaired) electrons. The molecule has 0 bridgehead atoms. The van der Waals surface area contributed by atoms with E-state index in [4.69, 9.17) is 0 Å². The van der Waals surface area contributed by atoms with Crippen LogP contribution in [0, 0.1) is 5.92 Å². The van der Waals surface area contributed by atoms with Crippen LogP contribution in [-0.4, -0.2) is 19.1 Å². The van der Waals surface area contributed by atoms with Crippen LogP contribution in [0.5, 0.6) is 0 Å². The quantitative estimate of drug-likeness (QED) is 0.880. The second kappa shape index (κ2) is 6.10. The van der Waals surface area contributed by atoms with Gasteiger partial charge in [-0.25, -0.2) is 0 Å². The Morgan fingerprint density at radius 1 is 1.00 bits per heavy atom. The van der Waals surface area contributed by atoms with E-state index in [9.17, 15) is 0 Å². The fourth-order valence-electron chi connectivity index (χ4n) is 2.81. The molecule has 104 valence electrons. The van der Waals surface area contributed by atoms with Gasteiger partial charge in [-0.3, -0.25) is 0 Å². The number of benzene rings is 2. The molecular formula is C18H22N2. The normalized spacial score (nSPS) is 21.9. The summed E-state index contributed by atoms with van der Waals surface area (Å²) in [4.78, 5) is 0. The minimum atomic E-state index is 0.601. The van der Waals surface area contributed by atoms with Gasteiger partial charge in [0.05, 0.1) is 0 Å². The van der Waals surface area contributed by atoms with Gasteiger partial charge in [0.1, 0.15) is 0 Å². The van der Waals surface area contributed by atoms with Gasteiger partial charge < -0.3 is 10.6 Å². The Kier molecular flexibility index (Phi) is 4.03. The maximum atomic E-state index is 3.55. The largest absolute Gasteiger partial charge is 0.383 e. The number of rotatable bonds is 4. The first kappa shape index (κ1) is 13.2. The molecule has 1 aliphatic heterocycles. The van der Waals surface area contributed by atoms with Crippen molar-refractivity contribution in [3.05, 3.63) is 54.6 Å². The van der Waals surface area contributed by atoms with Crippen LogP contribution in [0.4, 0.5) is 5.69 Å². The van der Waals surface area contributed by atoms with E-state index in [1.807, 2.05) is 0 Å². The van der Waals surface area contributed by atoms with Gasteiger partial charge in [-0.2, -0.15) is 0 Å². The summed E-state index contributed by atoms with van der Waals surface area (Å²) in [7, 11) is 0. The van der Waals surface area contributed by atoms with E-state index in [0.29, 0.717) is 6.04 Å². The van der Waals surface area contributed by atoms with Crippen LogP contribution in [0.1, 0.15) is 13.3 Å². The zero-order chi connectivity index (χ0) is 13.8. The molecule has 1 fully saturated rings. The lowest BCUT2D eigenvalue weighted by molar-refractivity contribution is 0.501. The van der Waals surface area contributed by atoms with Crippen molar-refractivity contribution in [2.75, 3.05) is 18.4 Å². The third-order valence-electron chi connectivity index (χ3n) is 4.21. The summed E-state index contributed by atoms with van der Waals surface area (Å²) in [5.41, 5.74) is 3.74.